The molecule has 1 aliphatic rings. The van der Waals surface area contributed by atoms with Crippen LogP contribution in [0.1, 0.15) is 31.9 Å². The predicted octanol–water partition coefficient (Wildman–Crippen LogP) is 6.11. The molecule has 1 aliphatic carbocycles. The standard InChI is InChI=1S/C15H9I7O6/c1-4(23)26-13(20)7-8(10(17)12(19)11(18)9(7)16)14(21,27-5(2)24)15(13,22)28-6(3)25/h1-3H3. The van der Waals surface area contributed by atoms with Gasteiger partial charge in [0.2, 0.25) is 7.22 Å². The summed E-state index contributed by atoms with van der Waals surface area (Å²) in [5.74, 6) is -1.68. The Balaban J connectivity index is 3.09. The van der Waals surface area contributed by atoms with E-state index in [-0.39, 0.29) is 0 Å². The van der Waals surface area contributed by atoms with Gasteiger partial charge in [0.05, 0.1) is 0 Å². The van der Waals surface area contributed by atoms with E-state index in [4.69, 9.17) is 14.2 Å². The van der Waals surface area contributed by atoms with Gasteiger partial charge in [-0.2, -0.15) is 0 Å². The maximum atomic E-state index is 12.1. The van der Waals surface area contributed by atoms with Crippen molar-refractivity contribution in [1.82, 2.24) is 0 Å². The van der Waals surface area contributed by atoms with Crippen LogP contribution in [-0.2, 0) is 35.8 Å². The first-order chi connectivity index (χ1) is 12.6. The van der Waals surface area contributed by atoms with Gasteiger partial charge in [-0.1, -0.05) is 0 Å². The number of hydrogen-bond acceptors (Lipinski definition) is 6. The Bertz CT molecular complexity index is 843. The first kappa shape index (κ1) is 27.0. The summed E-state index contributed by atoms with van der Waals surface area (Å²) in [6.45, 7) is 3.85. The minimum absolute atomic E-state index is 0.545. The molecule has 2 rings (SSSR count). The molecule has 1 aromatic carbocycles. The number of fused-ring (bicyclic) bond motifs is 1. The van der Waals surface area contributed by atoms with Crippen molar-refractivity contribution in [3.05, 3.63) is 25.4 Å². The van der Waals surface area contributed by atoms with Crippen molar-refractivity contribution in [2.45, 2.75) is 31.6 Å². The topological polar surface area (TPSA) is 78.9 Å². The summed E-state index contributed by atoms with van der Waals surface area (Å²) in [6.07, 6.45) is 0. The van der Waals surface area contributed by atoms with Crippen molar-refractivity contribution in [3.63, 3.8) is 0 Å². The van der Waals surface area contributed by atoms with Gasteiger partial charge in [0.1, 0.15) is 0 Å². The summed E-state index contributed by atoms with van der Waals surface area (Å²) in [4.78, 5) is 36.2. The van der Waals surface area contributed by atoms with E-state index in [0.29, 0.717) is 11.1 Å². The first-order valence-corrected chi connectivity index (χ1v) is 14.7. The number of carbonyl (C=O) groups excluding carboxylic acids is 3. The van der Waals surface area contributed by atoms with E-state index in [1.807, 2.05) is 67.8 Å². The zero-order chi connectivity index (χ0) is 21.8. The summed E-state index contributed by atoms with van der Waals surface area (Å²) in [7, 11) is 0. The van der Waals surface area contributed by atoms with Gasteiger partial charge in [0.25, 0.3) is 3.61 Å². The number of halogens is 7. The largest absolute Gasteiger partial charge is 0.438 e. The number of hydrogen-bond donors (Lipinski definition) is 0. The van der Waals surface area contributed by atoms with Crippen molar-refractivity contribution in [3.8, 4) is 0 Å². The summed E-state index contributed by atoms with van der Waals surface area (Å²) in [6, 6.07) is 0. The van der Waals surface area contributed by atoms with Gasteiger partial charge in [-0.15, -0.1) is 0 Å². The van der Waals surface area contributed by atoms with Crippen molar-refractivity contribution >= 4 is 176 Å². The number of esters is 3. The molecule has 0 aliphatic heterocycles. The van der Waals surface area contributed by atoms with Gasteiger partial charge >= 0.3 is 17.9 Å². The fraction of sp³-hybridized carbons (Fsp3) is 0.400. The molecule has 0 N–H and O–H groups in total. The van der Waals surface area contributed by atoms with Crippen molar-refractivity contribution in [1.29, 1.82) is 0 Å². The van der Waals surface area contributed by atoms with Crippen LogP contribution in [0.25, 0.3) is 0 Å². The Labute approximate surface area is 256 Å². The van der Waals surface area contributed by atoms with E-state index in [9.17, 15) is 14.4 Å². The molecule has 154 valence electrons. The van der Waals surface area contributed by atoms with Crippen LogP contribution in [0.2, 0.25) is 0 Å². The van der Waals surface area contributed by atoms with Crippen LogP contribution in [0.15, 0.2) is 0 Å². The molecule has 0 spiro atoms. The molecule has 0 bridgehead atoms. The summed E-state index contributed by atoms with van der Waals surface area (Å²) in [5, 5.41) is 0. The van der Waals surface area contributed by atoms with Gasteiger partial charge in [-0.05, 0) is 158 Å². The zero-order valence-electron chi connectivity index (χ0n) is 14.1. The number of rotatable bonds is 3. The second-order valence-electron chi connectivity index (χ2n) is 5.57. The molecular formula is C15H9I7O6. The molecule has 0 radical (unpaired) electrons. The Hall–Kier alpha value is 2.74. The highest BCUT2D eigenvalue weighted by Gasteiger charge is 2.77. The van der Waals surface area contributed by atoms with Gasteiger partial charge in [0.15, 0.2) is 0 Å². The van der Waals surface area contributed by atoms with Gasteiger partial charge in [-0.25, -0.2) is 0 Å². The van der Waals surface area contributed by atoms with Crippen LogP contribution in [0, 0.1) is 14.3 Å². The summed E-state index contributed by atoms with van der Waals surface area (Å²) < 4.78 is 16.6. The highest BCUT2D eigenvalue weighted by molar-refractivity contribution is 14.1. The Morgan fingerprint density at radius 3 is 1.14 bits per heavy atom. The Morgan fingerprint density at radius 1 is 0.607 bits per heavy atom. The number of alkyl halides is 3. The quantitative estimate of drug-likeness (QED) is 0.0909. The first-order valence-electron chi connectivity index (χ1n) is 7.16. The Kier molecular flexibility index (Phi) is 9.20. The van der Waals surface area contributed by atoms with Gasteiger partial charge in [-0.3, -0.25) is 14.4 Å². The number of carbonyl (C=O) groups is 3. The maximum Gasteiger partial charge on any atom is 0.304 e. The van der Waals surface area contributed by atoms with Crippen LogP contribution in [0.5, 0.6) is 0 Å². The summed E-state index contributed by atoms with van der Waals surface area (Å²) in [5.41, 5.74) is 1.31. The fourth-order valence-electron chi connectivity index (χ4n) is 2.72. The third-order valence-corrected chi connectivity index (χ3v) is 17.8. The molecule has 0 fully saturated rings. The highest BCUT2D eigenvalue weighted by atomic mass is 127. The smallest absolute Gasteiger partial charge is 0.304 e. The zero-order valence-corrected chi connectivity index (χ0v) is 29.2. The average Bonchev–Trinajstić information content (AvgIpc) is 2.65. The number of benzene rings is 1. The van der Waals surface area contributed by atoms with E-state index in [0.717, 1.165) is 14.3 Å². The lowest BCUT2D eigenvalue weighted by molar-refractivity contribution is -0.189. The van der Waals surface area contributed by atoms with Crippen molar-refractivity contribution in [2.24, 2.45) is 0 Å². The molecule has 2 unspecified atom stereocenters. The molecule has 2 atom stereocenters. The average molecular weight is 1170 g/mol. The minimum Gasteiger partial charge on any atom is -0.438 e. The van der Waals surface area contributed by atoms with E-state index in [1.54, 1.807) is 0 Å². The normalized spacial score (nSPS) is 28.5. The van der Waals surface area contributed by atoms with E-state index in [2.05, 4.69) is 90.4 Å². The van der Waals surface area contributed by atoms with Crippen LogP contribution in [-0.4, -0.2) is 21.5 Å². The fourth-order valence-corrected chi connectivity index (χ4v) is 12.0. The van der Waals surface area contributed by atoms with E-state index >= 15 is 0 Å². The molecule has 13 heteroatoms. The maximum absolute atomic E-state index is 12.1. The molecule has 0 amide bonds. The van der Waals surface area contributed by atoms with Crippen LogP contribution < -0.4 is 0 Å². The van der Waals surface area contributed by atoms with E-state index in [1.165, 1.54) is 20.8 Å². The highest BCUT2D eigenvalue weighted by Crippen LogP contribution is 2.70. The Morgan fingerprint density at radius 2 is 0.893 bits per heavy atom. The second kappa shape index (κ2) is 9.54. The SMILES string of the molecule is CC(=O)OC1(I)c2c(I)c(I)c(I)c(I)c2C(I)(OC(C)=O)C1(I)OC(C)=O. The third-order valence-electron chi connectivity index (χ3n) is 3.59. The third kappa shape index (κ3) is 4.30. The lowest BCUT2D eigenvalue weighted by Gasteiger charge is -2.42. The predicted molar refractivity (Wildman–Crippen MR) is 161 cm³/mol. The summed E-state index contributed by atoms with van der Waals surface area (Å²) >= 11 is 14.7. The lowest BCUT2D eigenvalue weighted by atomic mass is 10.1. The van der Waals surface area contributed by atoms with Crippen LogP contribution >= 0.6 is 158 Å². The van der Waals surface area contributed by atoms with Gasteiger partial charge in [0, 0.05) is 46.2 Å². The molecule has 0 saturated carbocycles. The number of ether oxygens (including phenoxy) is 3. The van der Waals surface area contributed by atoms with Crippen LogP contribution in [0.3, 0.4) is 0 Å². The molecule has 6 nitrogen and oxygen atoms in total. The van der Waals surface area contributed by atoms with Crippen LogP contribution in [0.4, 0.5) is 0 Å². The molecule has 1 aromatic rings. The molecule has 0 aromatic heterocycles. The minimum atomic E-state index is -1.54. The van der Waals surface area contributed by atoms with Crippen molar-refractivity contribution < 1.29 is 28.6 Å². The molecule has 0 saturated heterocycles. The van der Waals surface area contributed by atoms with Gasteiger partial charge < -0.3 is 14.2 Å². The monoisotopic (exact) mass is 1170 g/mol. The molecule has 0 heterocycles. The van der Waals surface area contributed by atoms with E-state index < -0.39 is 28.7 Å². The van der Waals surface area contributed by atoms with Crippen molar-refractivity contribution in [2.75, 3.05) is 0 Å². The molecule has 28 heavy (non-hydrogen) atoms. The second-order valence-corrected chi connectivity index (χ2v) is 14.4. The molecular weight excluding hydrogens is 1160 g/mol. The lowest BCUT2D eigenvalue weighted by Crippen LogP contribution is -2.55.